The molecular formula is C14H18BrF3N2O. The molecule has 7 heteroatoms. The first-order chi connectivity index (χ1) is 9.70. The molecule has 118 valence electrons. The molecule has 0 aliphatic carbocycles. The van der Waals surface area contributed by atoms with Gasteiger partial charge in [0.25, 0.3) is 0 Å². The van der Waals surface area contributed by atoms with Crippen LogP contribution >= 0.6 is 15.9 Å². The number of amides is 1. The van der Waals surface area contributed by atoms with Crippen molar-refractivity contribution >= 4 is 27.5 Å². The fourth-order valence-corrected chi connectivity index (χ4v) is 2.42. The van der Waals surface area contributed by atoms with Crippen LogP contribution in [-0.4, -0.2) is 29.9 Å². The quantitative estimate of drug-likeness (QED) is 0.849. The Balaban J connectivity index is 2.91. The van der Waals surface area contributed by atoms with Gasteiger partial charge >= 0.3 is 6.18 Å². The first-order valence-electron chi connectivity index (χ1n) is 6.62. The minimum absolute atomic E-state index is 0.0247. The summed E-state index contributed by atoms with van der Waals surface area (Å²) in [6.07, 6.45) is -4.44. The van der Waals surface area contributed by atoms with Gasteiger partial charge in [-0.25, -0.2) is 0 Å². The Morgan fingerprint density at radius 2 is 1.90 bits per heavy atom. The molecule has 1 N–H and O–H groups in total. The van der Waals surface area contributed by atoms with Crippen LogP contribution < -0.4 is 5.32 Å². The second kappa shape index (κ2) is 7.15. The summed E-state index contributed by atoms with van der Waals surface area (Å²) < 4.78 is 38.5. The fourth-order valence-electron chi connectivity index (χ4n) is 1.95. The van der Waals surface area contributed by atoms with E-state index in [1.807, 2.05) is 13.8 Å². The van der Waals surface area contributed by atoms with Crippen LogP contribution in [0.2, 0.25) is 0 Å². The van der Waals surface area contributed by atoms with E-state index in [1.165, 1.54) is 12.1 Å². The fraction of sp³-hybridized carbons (Fsp3) is 0.500. The molecule has 3 nitrogen and oxygen atoms in total. The summed E-state index contributed by atoms with van der Waals surface area (Å²) in [7, 11) is 0. The number of benzene rings is 1. The van der Waals surface area contributed by atoms with Crippen LogP contribution in [0.25, 0.3) is 0 Å². The minimum Gasteiger partial charge on any atom is -0.374 e. The van der Waals surface area contributed by atoms with Crippen molar-refractivity contribution in [2.24, 2.45) is 0 Å². The third kappa shape index (κ3) is 4.62. The monoisotopic (exact) mass is 366 g/mol. The Hall–Kier alpha value is -1.24. The number of anilines is 1. The highest BCUT2D eigenvalue weighted by Gasteiger charge is 2.33. The second-order valence-corrected chi connectivity index (χ2v) is 5.42. The van der Waals surface area contributed by atoms with Crippen molar-refractivity contribution < 1.29 is 18.0 Å². The summed E-state index contributed by atoms with van der Waals surface area (Å²) >= 11 is 2.88. The van der Waals surface area contributed by atoms with Gasteiger partial charge in [-0.1, -0.05) is 15.9 Å². The number of rotatable bonds is 5. The molecule has 1 amide bonds. The van der Waals surface area contributed by atoms with Gasteiger partial charge in [0.1, 0.15) is 6.04 Å². The zero-order valence-electron chi connectivity index (χ0n) is 12.1. The molecule has 1 unspecified atom stereocenters. The van der Waals surface area contributed by atoms with Crippen LogP contribution in [0.15, 0.2) is 22.7 Å². The van der Waals surface area contributed by atoms with Crippen LogP contribution in [0.5, 0.6) is 0 Å². The minimum atomic E-state index is -4.44. The Kier molecular flexibility index (Phi) is 6.07. The van der Waals surface area contributed by atoms with Gasteiger partial charge in [0.15, 0.2) is 0 Å². The molecule has 0 aliphatic rings. The summed E-state index contributed by atoms with van der Waals surface area (Å²) in [5.41, 5.74) is -0.506. The number of alkyl halides is 3. The number of carbonyl (C=O) groups excluding carboxylic acids is 1. The number of halogens is 4. The van der Waals surface area contributed by atoms with E-state index in [1.54, 1.807) is 11.8 Å². The van der Waals surface area contributed by atoms with Crippen LogP contribution in [0.3, 0.4) is 0 Å². The predicted molar refractivity (Wildman–Crippen MR) is 80.2 cm³/mol. The lowest BCUT2D eigenvalue weighted by atomic mass is 10.1. The molecule has 0 aromatic heterocycles. The normalized spacial score (nSPS) is 12.9. The van der Waals surface area contributed by atoms with Crippen LogP contribution in [0, 0.1) is 0 Å². The van der Waals surface area contributed by atoms with Crippen molar-refractivity contribution in [2.45, 2.75) is 33.0 Å². The Bertz CT molecular complexity index is 501. The first kappa shape index (κ1) is 17.8. The third-order valence-electron chi connectivity index (χ3n) is 3.10. The molecule has 1 rings (SSSR count). The van der Waals surface area contributed by atoms with Gasteiger partial charge in [-0.2, -0.15) is 13.2 Å². The molecule has 0 spiro atoms. The van der Waals surface area contributed by atoms with Gasteiger partial charge in [-0.05, 0) is 39.0 Å². The topological polar surface area (TPSA) is 32.3 Å². The molecule has 0 heterocycles. The van der Waals surface area contributed by atoms with Gasteiger partial charge in [0.05, 0.1) is 5.56 Å². The highest BCUT2D eigenvalue weighted by Crippen LogP contribution is 2.36. The number of carbonyl (C=O) groups is 1. The number of likely N-dealkylation sites (N-methyl/N-ethyl adjacent to an activating group) is 1. The van der Waals surface area contributed by atoms with Crippen molar-refractivity contribution in [2.75, 3.05) is 18.4 Å². The molecule has 0 radical (unpaired) electrons. The number of hydrogen-bond donors (Lipinski definition) is 1. The van der Waals surface area contributed by atoms with Crippen molar-refractivity contribution in [3.63, 3.8) is 0 Å². The van der Waals surface area contributed by atoms with Crippen molar-refractivity contribution in [3.8, 4) is 0 Å². The SMILES string of the molecule is CCN(CC)C(=O)C(C)Nc1ccc(Br)c(C(F)(F)F)c1. The van der Waals surface area contributed by atoms with Gasteiger partial charge in [-0.15, -0.1) is 0 Å². The molecule has 21 heavy (non-hydrogen) atoms. The lowest BCUT2D eigenvalue weighted by Crippen LogP contribution is -2.41. The lowest BCUT2D eigenvalue weighted by molar-refractivity contribution is -0.138. The molecule has 0 fully saturated rings. The van der Waals surface area contributed by atoms with E-state index in [0.29, 0.717) is 13.1 Å². The molecular weight excluding hydrogens is 349 g/mol. The molecule has 0 saturated carbocycles. The van der Waals surface area contributed by atoms with Crippen LogP contribution in [-0.2, 0) is 11.0 Å². The van der Waals surface area contributed by atoms with Gasteiger partial charge in [0, 0.05) is 23.2 Å². The summed E-state index contributed by atoms with van der Waals surface area (Å²) in [6, 6.07) is 3.23. The van der Waals surface area contributed by atoms with E-state index < -0.39 is 17.8 Å². The molecule has 0 bridgehead atoms. The Labute approximate surface area is 130 Å². The zero-order chi connectivity index (χ0) is 16.2. The summed E-state index contributed by atoms with van der Waals surface area (Å²) in [5, 5.41) is 2.82. The van der Waals surface area contributed by atoms with E-state index in [4.69, 9.17) is 0 Å². The van der Waals surface area contributed by atoms with E-state index in [0.717, 1.165) is 6.07 Å². The lowest BCUT2D eigenvalue weighted by Gasteiger charge is -2.24. The standard InChI is InChI=1S/C14H18BrF3N2O/c1-4-20(5-2)13(21)9(3)19-10-6-7-12(15)11(8-10)14(16,17)18/h6-9,19H,4-5H2,1-3H3. The molecule has 1 atom stereocenters. The number of nitrogens with one attached hydrogen (secondary N) is 1. The predicted octanol–water partition coefficient (Wildman–Crippen LogP) is 4.14. The smallest absolute Gasteiger partial charge is 0.374 e. The molecule has 0 aliphatic heterocycles. The second-order valence-electron chi connectivity index (χ2n) is 4.57. The van der Waals surface area contributed by atoms with Crippen LogP contribution in [0.1, 0.15) is 26.3 Å². The average molecular weight is 367 g/mol. The maximum Gasteiger partial charge on any atom is 0.417 e. The van der Waals surface area contributed by atoms with E-state index in [-0.39, 0.29) is 16.1 Å². The van der Waals surface area contributed by atoms with Crippen LogP contribution in [0.4, 0.5) is 18.9 Å². The third-order valence-corrected chi connectivity index (χ3v) is 3.79. The number of nitrogens with zero attached hydrogens (tertiary/aromatic N) is 1. The first-order valence-corrected chi connectivity index (χ1v) is 7.42. The Morgan fingerprint density at radius 3 is 2.38 bits per heavy atom. The van der Waals surface area contributed by atoms with Gasteiger partial charge in [-0.3, -0.25) is 4.79 Å². The van der Waals surface area contributed by atoms with Crippen molar-refractivity contribution in [3.05, 3.63) is 28.2 Å². The maximum atomic E-state index is 12.8. The van der Waals surface area contributed by atoms with Gasteiger partial charge in [0.2, 0.25) is 5.91 Å². The van der Waals surface area contributed by atoms with Gasteiger partial charge < -0.3 is 10.2 Å². The Morgan fingerprint density at radius 1 is 1.33 bits per heavy atom. The van der Waals surface area contributed by atoms with E-state index in [2.05, 4.69) is 21.2 Å². The van der Waals surface area contributed by atoms with E-state index >= 15 is 0 Å². The van der Waals surface area contributed by atoms with Crippen molar-refractivity contribution in [1.29, 1.82) is 0 Å². The number of hydrogen-bond acceptors (Lipinski definition) is 2. The zero-order valence-corrected chi connectivity index (χ0v) is 13.7. The summed E-state index contributed by atoms with van der Waals surface area (Å²) in [5.74, 6) is -0.142. The largest absolute Gasteiger partial charge is 0.417 e. The molecule has 1 aromatic rings. The molecule has 0 saturated heterocycles. The van der Waals surface area contributed by atoms with E-state index in [9.17, 15) is 18.0 Å². The average Bonchev–Trinajstić information content (AvgIpc) is 2.40. The molecule has 1 aromatic carbocycles. The maximum absolute atomic E-state index is 12.8. The summed E-state index contributed by atoms with van der Waals surface area (Å²) in [6.45, 7) is 6.48. The highest BCUT2D eigenvalue weighted by molar-refractivity contribution is 9.10. The summed E-state index contributed by atoms with van der Waals surface area (Å²) in [4.78, 5) is 13.7. The highest BCUT2D eigenvalue weighted by atomic mass is 79.9. The van der Waals surface area contributed by atoms with Crippen molar-refractivity contribution in [1.82, 2.24) is 4.90 Å².